The van der Waals surface area contributed by atoms with Crippen molar-refractivity contribution in [3.63, 3.8) is 0 Å². The lowest BCUT2D eigenvalue weighted by molar-refractivity contribution is 0.305. The molecule has 1 aromatic heterocycles. The maximum absolute atomic E-state index is 12.4. The molecule has 32 heavy (non-hydrogen) atoms. The van der Waals surface area contributed by atoms with Gasteiger partial charge in [-0.25, -0.2) is 4.79 Å². The lowest BCUT2D eigenvalue weighted by atomic mass is 10.00. The van der Waals surface area contributed by atoms with E-state index >= 15 is 0 Å². The fraction of sp³-hybridized carbons (Fsp3) is 0.192. The number of methoxy groups -OCH3 is 4. The summed E-state index contributed by atoms with van der Waals surface area (Å²) in [5, 5.41) is 2.79. The van der Waals surface area contributed by atoms with E-state index in [1.807, 2.05) is 49.4 Å². The molecule has 0 aliphatic rings. The Morgan fingerprint density at radius 3 is 2.09 bits per heavy atom. The molecule has 0 fully saturated rings. The van der Waals surface area contributed by atoms with Crippen molar-refractivity contribution in [2.75, 3.05) is 28.4 Å². The van der Waals surface area contributed by atoms with Gasteiger partial charge in [0.15, 0.2) is 11.5 Å². The predicted molar refractivity (Wildman–Crippen MR) is 126 cm³/mol. The van der Waals surface area contributed by atoms with Gasteiger partial charge in [-0.2, -0.15) is 0 Å². The first-order valence-electron chi connectivity index (χ1n) is 10.0. The van der Waals surface area contributed by atoms with E-state index in [9.17, 15) is 4.79 Å². The van der Waals surface area contributed by atoms with Gasteiger partial charge >= 0.3 is 5.63 Å². The highest BCUT2D eigenvalue weighted by Crippen LogP contribution is 2.47. The minimum Gasteiger partial charge on any atom is -0.493 e. The van der Waals surface area contributed by atoms with Gasteiger partial charge in [-0.05, 0) is 35.6 Å². The van der Waals surface area contributed by atoms with Crippen molar-refractivity contribution in [3.05, 3.63) is 69.6 Å². The van der Waals surface area contributed by atoms with Crippen LogP contribution in [-0.4, -0.2) is 28.4 Å². The van der Waals surface area contributed by atoms with E-state index in [0.29, 0.717) is 34.1 Å². The molecule has 3 aromatic carbocycles. The fourth-order valence-corrected chi connectivity index (χ4v) is 3.96. The van der Waals surface area contributed by atoms with Crippen molar-refractivity contribution in [2.45, 2.75) is 6.92 Å². The Bertz CT molecular complexity index is 1400. The van der Waals surface area contributed by atoms with Crippen molar-refractivity contribution in [3.8, 4) is 23.0 Å². The maximum Gasteiger partial charge on any atom is 0.336 e. The predicted octanol–water partition coefficient (Wildman–Crippen LogP) is 5.46. The highest BCUT2D eigenvalue weighted by Gasteiger charge is 2.20. The van der Waals surface area contributed by atoms with Crippen molar-refractivity contribution in [1.29, 1.82) is 0 Å². The summed E-state index contributed by atoms with van der Waals surface area (Å²) >= 11 is 0. The molecule has 0 saturated heterocycles. The molecule has 0 aliphatic heterocycles. The van der Waals surface area contributed by atoms with Gasteiger partial charge in [0, 0.05) is 22.4 Å². The molecule has 0 atom stereocenters. The Kier molecular flexibility index (Phi) is 5.77. The molecule has 164 valence electrons. The Morgan fingerprint density at radius 1 is 0.719 bits per heavy atom. The van der Waals surface area contributed by atoms with Crippen molar-refractivity contribution in [1.82, 2.24) is 0 Å². The lowest BCUT2D eigenvalue weighted by Gasteiger charge is -2.17. The van der Waals surface area contributed by atoms with Crippen LogP contribution in [0.15, 0.2) is 51.7 Å². The first-order chi connectivity index (χ1) is 15.5. The Balaban J connectivity index is 1.92. The number of hydrogen-bond donors (Lipinski definition) is 0. The SMILES string of the molecule is COc1cc(/C=C/c2cc(=O)oc3c2ccc2c(C)cccc23)c(OC)c(OC)c1OC. The number of benzene rings is 3. The van der Waals surface area contributed by atoms with Crippen LogP contribution in [0.3, 0.4) is 0 Å². The minimum absolute atomic E-state index is 0.414. The number of ether oxygens (including phenoxy) is 4. The van der Waals surface area contributed by atoms with Crippen molar-refractivity contribution < 1.29 is 23.4 Å². The Labute approximate surface area is 185 Å². The summed E-state index contributed by atoms with van der Waals surface area (Å²) in [7, 11) is 6.19. The average Bonchev–Trinajstić information content (AvgIpc) is 2.81. The second-order valence-electron chi connectivity index (χ2n) is 7.23. The zero-order chi connectivity index (χ0) is 22.8. The van der Waals surface area contributed by atoms with E-state index in [0.717, 1.165) is 27.3 Å². The summed E-state index contributed by atoms with van der Waals surface area (Å²) in [6, 6.07) is 13.2. The van der Waals surface area contributed by atoms with Crippen molar-refractivity contribution >= 4 is 33.9 Å². The standard InChI is InChI=1S/C26H24O6/c1-15-7-6-8-20-18(15)11-12-19-16(14-22(27)32-24(19)20)9-10-17-13-21(28-2)25(30-4)26(31-5)23(17)29-3/h6-14H,1-5H3/b10-9+. The molecular formula is C26H24O6. The van der Waals surface area contributed by atoms with E-state index in [1.54, 1.807) is 20.3 Å². The zero-order valence-corrected chi connectivity index (χ0v) is 18.6. The summed E-state index contributed by atoms with van der Waals surface area (Å²) in [5.74, 6) is 1.86. The van der Waals surface area contributed by atoms with Crippen LogP contribution >= 0.6 is 0 Å². The largest absolute Gasteiger partial charge is 0.493 e. The molecule has 6 nitrogen and oxygen atoms in total. The van der Waals surface area contributed by atoms with Gasteiger partial charge in [0.2, 0.25) is 11.5 Å². The molecule has 0 amide bonds. The molecule has 4 rings (SSSR count). The summed E-state index contributed by atoms with van der Waals surface area (Å²) in [4.78, 5) is 12.4. The van der Waals surface area contributed by atoms with Gasteiger partial charge in [0.25, 0.3) is 0 Å². The smallest absolute Gasteiger partial charge is 0.336 e. The molecule has 0 radical (unpaired) electrons. The third-order valence-electron chi connectivity index (χ3n) is 5.48. The first-order valence-corrected chi connectivity index (χ1v) is 10.0. The van der Waals surface area contributed by atoms with Crippen LogP contribution in [0, 0.1) is 6.92 Å². The Hall–Kier alpha value is -3.93. The summed E-state index contributed by atoms with van der Waals surface area (Å²) in [5.41, 5.74) is 2.71. The van der Waals surface area contributed by atoms with Gasteiger partial charge in [-0.1, -0.05) is 36.4 Å². The first kappa shape index (κ1) is 21.3. The van der Waals surface area contributed by atoms with Crippen LogP contribution in [0.2, 0.25) is 0 Å². The van der Waals surface area contributed by atoms with Gasteiger partial charge < -0.3 is 23.4 Å². The molecule has 0 saturated carbocycles. The maximum atomic E-state index is 12.4. The van der Waals surface area contributed by atoms with E-state index in [-0.39, 0.29) is 0 Å². The zero-order valence-electron chi connectivity index (χ0n) is 18.6. The Morgan fingerprint density at radius 2 is 1.41 bits per heavy atom. The van der Waals surface area contributed by atoms with E-state index in [4.69, 9.17) is 23.4 Å². The second kappa shape index (κ2) is 8.67. The summed E-state index contributed by atoms with van der Waals surface area (Å²) < 4.78 is 27.6. The fourth-order valence-electron chi connectivity index (χ4n) is 3.96. The van der Waals surface area contributed by atoms with Gasteiger partial charge in [0.1, 0.15) is 5.58 Å². The average molecular weight is 432 g/mol. The number of rotatable bonds is 6. The van der Waals surface area contributed by atoms with Crippen LogP contribution in [0.5, 0.6) is 23.0 Å². The number of hydrogen-bond acceptors (Lipinski definition) is 6. The van der Waals surface area contributed by atoms with Crippen LogP contribution in [0.1, 0.15) is 16.7 Å². The molecule has 0 bridgehead atoms. The second-order valence-corrected chi connectivity index (χ2v) is 7.23. The van der Waals surface area contributed by atoms with Gasteiger partial charge in [-0.3, -0.25) is 0 Å². The lowest BCUT2D eigenvalue weighted by Crippen LogP contribution is -2.00. The summed E-state index contributed by atoms with van der Waals surface area (Å²) in [6.07, 6.45) is 3.70. The summed E-state index contributed by atoms with van der Waals surface area (Å²) in [6.45, 7) is 2.03. The van der Waals surface area contributed by atoms with Crippen molar-refractivity contribution in [2.24, 2.45) is 0 Å². The molecule has 1 heterocycles. The highest BCUT2D eigenvalue weighted by molar-refractivity contribution is 6.07. The monoisotopic (exact) mass is 432 g/mol. The molecular weight excluding hydrogens is 408 g/mol. The molecule has 0 spiro atoms. The molecule has 6 heteroatoms. The van der Waals surface area contributed by atoms with Crippen LogP contribution in [0.25, 0.3) is 33.9 Å². The molecule has 0 aliphatic carbocycles. The molecule has 4 aromatic rings. The molecule has 0 N–H and O–H groups in total. The van der Waals surface area contributed by atoms with E-state index in [1.165, 1.54) is 20.3 Å². The topological polar surface area (TPSA) is 67.1 Å². The minimum atomic E-state index is -0.414. The van der Waals surface area contributed by atoms with Crippen LogP contribution in [-0.2, 0) is 0 Å². The van der Waals surface area contributed by atoms with Gasteiger partial charge in [0.05, 0.1) is 28.4 Å². The third-order valence-corrected chi connectivity index (χ3v) is 5.48. The quantitative estimate of drug-likeness (QED) is 0.298. The molecule has 0 unspecified atom stereocenters. The normalized spacial score (nSPS) is 11.3. The van der Waals surface area contributed by atoms with E-state index in [2.05, 4.69) is 0 Å². The van der Waals surface area contributed by atoms with Crippen LogP contribution in [0.4, 0.5) is 0 Å². The van der Waals surface area contributed by atoms with Crippen LogP contribution < -0.4 is 24.6 Å². The van der Waals surface area contributed by atoms with Gasteiger partial charge in [-0.15, -0.1) is 0 Å². The third kappa shape index (κ3) is 3.54. The van der Waals surface area contributed by atoms with E-state index < -0.39 is 5.63 Å². The highest BCUT2D eigenvalue weighted by atomic mass is 16.5. The number of fused-ring (bicyclic) bond motifs is 3. The number of aryl methyl sites for hydroxylation is 1.